The van der Waals surface area contributed by atoms with E-state index in [2.05, 4.69) is 10.3 Å². The molecule has 18 heavy (non-hydrogen) atoms. The maximum Gasteiger partial charge on any atom is 0.318 e. The van der Waals surface area contributed by atoms with Crippen LogP contribution < -0.4 is 5.32 Å². The lowest BCUT2D eigenvalue weighted by Crippen LogP contribution is -2.43. The minimum atomic E-state index is -0.00588. The van der Waals surface area contributed by atoms with E-state index in [9.17, 15) is 9.90 Å². The molecule has 5 nitrogen and oxygen atoms in total. The van der Waals surface area contributed by atoms with Crippen LogP contribution in [0.1, 0.15) is 24.3 Å². The van der Waals surface area contributed by atoms with Gasteiger partial charge in [-0.1, -0.05) is 0 Å². The Morgan fingerprint density at radius 3 is 3.17 bits per heavy atom. The second-order valence-electron chi connectivity index (χ2n) is 4.97. The Morgan fingerprint density at radius 1 is 1.61 bits per heavy atom. The van der Waals surface area contributed by atoms with Gasteiger partial charge in [0.15, 0.2) is 0 Å². The molecule has 1 aromatic rings. The third-order valence-electron chi connectivity index (χ3n) is 4.01. The molecule has 2 N–H and O–H groups in total. The second-order valence-corrected chi connectivity index (χ2v) is 5.95. The number of aromatic nitrogens is 1. The number of nitrogens with one attached hydrogen (secondary N) is 1. The molecular weight excluding hydrogens is 250 g/mol. The first-order valence-electron chi connectivity index (χ1n) is 6.35. The number of hydrogen-bond donors (Lipinski definition) is 2. The topological polar surface area (TPSA) is 65.5 Å². The quantitative estimate of drug-likeness (QED) is 0.865. The molecular formula is C12H17N3O2S. The van der Waals surface area contributed by atoms with Crippen LogP contribution in [0.3, 0.4) is 0 Å². The number of carbonyl (C=O) groups excluding carboxylic acids is 1. The summed E-state index contributed by atoms with van der Waals surface area (Å²) in [5.74, 6) is 0.273. The van der Waals surface area contributed by atoms with Crippen LogP contribution in [0.4, 0.5) is 4.79 Å². The number of hydrogen-bond acceptors (Lipinski definition) is 4. The molecule has 0 spiro atoms. The monoisotopic (exact) mass is 267 g/mol. The summed E-state index contributed by atoms with van der Waals surface area (Å²) in [4.78, 5) is 18.3. The van der Waals surface area contributed by atoms with E-state index in [0.29, 0.717) is 12.6 Å². The van der Waals surface area contributed by atoms with Crippen LogP contribution >= 0.6 is 11.3 Å². The molecule has 0 radical (unpaired) electrons. The van der Waals surface area contributed by atoms with Gasteiger partial charge in [-0.2, -0.15) is 0 Å². The number of aliphatic hydroxyl groups excluding tert-OH is 1. The van der Waals surface area contributed by atoms with Gasteiger partial charge in [0.2, 0.25) is 0 Å². The van der Waals surface area contributed by atoms with Gasteiger partial charge in [0.1, 0.15) is 5.01 Å². The van der Waals surface area contributed by atoms with Crippen LogP contribution in [0.15, 0.2) is 11.6 Å². The molecule has 3 rings (SSSR count). The van der Waals surface area contributed by atoms with Crippen molar-refractivity contribution in [1.29, 1.82) is 0 Å². The number of rotatable bonds is 3. The highest BCUT2D eigenvalue weighted by Crippen LogP contribution is 2.41. The van der Waals surface area contributed by atoms with Crippen molar-refractivity contribution >= 4 is 17.4 Å². The number of carbonyl (C=O) groups is 1. The number of thiazole rings is 1. The maximum atomic E-state index is 12.2. The van der Waals surface area contributed by atoms with Crippen molar-refractivity contribution in [3.8, 4) is 0 Å². The lowest BCUT2D eigenvalue weighted by Gasteiger charge is -2.23. The van der Waals surface area contributed by atoms with E-state index in [-0.39, 0.29) is 24.6 Å². The highest BCUT2D eigenvalue weighted by atomic mass is 32.1. The van der Waals surface area contributed by atoms with E-state index in [1.165, 1.54) is 0 Å². The summed E-state index contributed by atoms with van der Waals surface area (Å²) >= 11 is 1.55. The molecule has 2 bridgehead atoms. The van der Waals surface area contributed by atoms with Crippen molar-refractivity contribution in [2.75, 3.05) is 6.61 Å². The summed E-state index contributed by atoms with van der Waals surface area (Å²) in [5.41, 5.74) is 0. The van der Waals surface area contributed by atoms with Gasteiger partial charge < -0.3 is 15.3 Å². The third kappa shape index (κ3) is 1.99. The van der Waals surface area contributed by atoms with Crippen molar-refractivity contribution in [3.63, 3.8) is 0 Å². The lowest BCUT2D eigenvalue weighted by molar-refractivity contribution is 0.169. The highest BCUT2D eigenvalue weighted by molar-refractivity contribution is 7.09. The molecule has 98 valence electrons. The molecule has 1 aromatic heterocycles. The number of amides is 2. The van der Waals surface area contributed by atoms with Gasteiger partial charge in [0.05, 0.1) is 6.54 Å². The van der Waals surface area contributed by atoms with Crippen molar-refractivity contribution in [3.05, 3.63) is 16.6 Å². The molecule has 2 aliphatic heterocycles. The Morgan fingerprint density at radius 2 is 2.50 bits per heavy atom. The first kappa shape index (κ1) is 11.9. The zero-order chi connectivity index (χ0) is 12.5. The number of fused-ring (bicyclic) bond motifs is 2. The van der Waals surface area contributed by atoms with E-state index in [4.69, 9.17) is 0 Å². The summed E-state index contributed by atoms with van der Waals surface area (Å²) in [6, 6.07) is 0.549. The van der Waals surface area contributed by atoms with E-state index in [0.717, 1.165) is 24.3 Å². The fourth-order valence-corrected chi connectivity index (χ4v) is 3.76. The SMILES string of the molecule is O=C(NCc1nccs1)N1C2CCC1C(CO)C2. The highest BCUT2D eigenvalue weighted by Gasteiger charge is 2.48. The van der Waals surface area contributed by atoms with Crippen LogP contribution in [0, 0.1) is 5.92 Å². The zero-order valence-electron chi connectivity index (χ0n) is 10.1. The Kier molecular flexibility index (Phi) is 3.22. The largest absolute Gasteiger partial charge is 0.396 e. The van der Waals surface area contributed by atoms with Gasteiger partial charge in [0.25, 0.3) is 0 Å². The second kappa shape index (κ2) is 4.85. The van der Waals surface area contributed by atoms with E-state index >= 15 is 0 Å². The van der Waals surface area contributed by atoms with Crippen LogP contribution in [0.5, 0.6) is 0 Å². The molecule has 6 heteroatoms. The minimum absolute atomic E-state index is 0.00588. The molecule has 2 amide bonds. The standard InChI is InChI=1S/C12H17N3O2S/c16-7-8-5-9-1-2-10(8)15(9)12(17)14-6-11-13-3-4-18-11/h3-4,8-10,16H,1-2,5-7H2,(H,14,17). The van der Waals surface area contributed by atoms with Gasteiger partial charge in [-0.05, 0) is 19.3 Å². The van der Waals surface area contributed by atoms with Gasteiger partial charge >= 0.3 is 6.03 Å². The molecule has 0 aliphatic carbocycles. The van der Waals surface area contributed by atoms with Crippen LogP contribution in [0.2, 0.25) is 0 Å². The van der Waals surface area contributed by atoms with E-state index in [1.807, 2.05) is 10.3 Å². The molecule has 0 saturated carbocycles. The Labute approximate surface area is 110 Å². The lowest BCUT2D eigenvalue weighted by atomic mass is 9.90. The first-order chi connectivity index (χ1) is 8.79. The molecule has 3 atom stereocenters. The minimum Gasteiger partial charge on any atom is -0.396 e. The smallest absolute Gasteiger partial charge is 0.318 e. The summed E-state index contributed by atoms with van der Waals surface area (Å²) in [5, 5.41) is 15.1. The molecule has 3 unspecified atom stereocenters. The van der Waals surface area contributed by atoms with Crippen molar-refractivity contribution in [2.24, 2.45) is 5.92 Å². The van der Waals surface area contributed by atoms with Crippen molar-refractivity contribution < 1.29 is 9.90 Å². The summed E-state index contributed by atoms with van der Waals surface area (Å²) < 4.78 is 0. The number of aliphatic hydroxyl groups is 1. The average molecular weight is 267 g/mol. The van der Waals surface area contributed by atoms with E-state index < -0.39 is 0 Å². The van der Waals surface area contributed by atoms with Crippen molar-refractivity contribution in [2.45, 2.75) is 37.9 Å². The van der Waals surface area contributed by atoms with Gasteiger partial charge in [-0.25, -0.2) is 9.78 Å². The predicted molar refractivity (Wildman–Crippen MR) is 68.2 cm³/mol. The summed E-state index contributed by atoms with van der Waals surface area (Å²) in [6.07, 6.45) is 4.80. The summed E-state index contributed by atoms with van der Waals surface area (Å²) in [7, 11) is 0. The Balaban J connectivity index is 1.60. The van der Waals surface area contributed by atoms with Crippen LogP contribution in [-0.4, -0.2) is 39.7 Å². The number of urea groups is 1. The average Bonchev–Trinajstić information content (AvgIpc) is 3.10. The first-order valence-corrected chi connectivity index (χ1v) is 7.23. The molecule has 3 heterocycles. The van der Waals surface area contributed by atoms with Gasteiger partial charge in [-0.15, -0.1) is 11.3 Å². The van der Waals surface area contributed by atoms with Gasteiger partial charge in [0, 0.05) is 36.2 Å². The molecule has 2 aliphatic rings. The predicted octanol–water partition coefficient (Wildman–Crippen LogP) is 1.20. The van der Waals surface area contributed by atoms with Crippen LogP contribution in [0.25, 0.3) is 0 Å². The third-order valence-corrected chi connectivity index (χ3v) is 4.79. The Hall–Kier alpha value is -1.14. The molecule has 2 fully saturated rings. The Bertz CT molecular complexity index is 423. The summed E-state index contributed by atoms with van der Waals surface area (Å²) in [6.45, 7) is 0.688. The molecule has 0 aromatic carbocycles. The fraction of sp³-hybridized carbons (Fsp3) is 0.667. The van der Waals surface area contributed by atoms with E-state index in [1.54, 1.807) is 17.5 Å². The van der Waals surface area contributed by atoms with Gasteiger partial charge in [-0.3, -0.25) is 0 Å². The molecule has 2 saturated heterocycles. The zero-order valence-corrected chi connectivity index (χ0v) is 10.9. The maximum absolute atomic E-state index is 12.2. The number of nitrogens with zero attached hydrogens (tertiary/aromatic N) is 2. The normalized spacial score (nSPS) is 29.8. The fourth-order valence-electron chi connectivity index (χ4n) is 3.21. The van der Waals surface area contributed by atoms with Crippen LogP contribution in [-0.2, 0) is 6.54 Å². The van der Waals surface area contributed by atoms with Crippen molar-refractivity contribution in [1.82, 2.24) is 15.2 Å².